The third-order valence-electron chi connectivity index (χ3n) is 7.32. The van der Waals surface area contributed by atoms with Crippen molar-refractivity contribution in [2.45, 2.75) is 83.2 Å². The minimum absolute atomic E-state index is 0.142. The SMILES string of the molecule is COC(=O)[C@]12C[C@@H](C(=O)OC(C)(C)C)[C@@H](/C=C/c3ccccc3)N1[C@H](c1cccnc1)[C@H](C(=O)OC(C)(C)C)C2. The lowest BCUT2D eigenvalue weighted by molar-refractivity contribution is -0.161. The summed E-state index contributed by atoms with van der Waals surface area (Å²) >= 11 is 0. The van der Waals surface area contributed by atoms with E-state index in [9.17, 15) is 14.4 Å². The molecule has 2 aliphatic rings. The van der Waals surface area contributed by atoms with E-state index in [1.54, 1.807) is 18.5 Å². The van der Waals surface area contributed by atoms with Crippen LogP contribution >= 0.6 is 0 Å². The van der Waals surface area contributed by atoms with E-state index in [1.807, 2.05) is 95.0 Å². The van der Waals surface area contributed by atoms with Crippen molar-refractivity contribution in [2.75, 3.05) is 7.11 Å². The summed E-state index contributed by atoms with van der Waals surface area (Å²) in [5, 5.41) is 0. The van der Waals surface area contributed by atoms with Crippen LogP contribution in [-0.2, 0) is 28.6 Å². The van der Waals surface area contributed by atoms with E-state index in [2.05, 4.69) is 4.98 Å². The molecule has 2 saturated heterocycles. The Labute approximate surface area is 236 Å². The van der Waals surface area contributed by atoms with Crippen LogP contribution in [0, 0.1) is 11.8 Å². The Morgan fingerprint density at radius 2 is 1.50 bits per heavy atom. The van der Waals surface area contributed by atoms with E-state index >= 15 is 0 Å². The van der Waals surface area contributed by atoms with Crippen LogP contribution in [0.5, 0.6) is 0 Å². The molecule has 0 N–H and O–H groups in total. The van der Waals surface area contributed by atoms with E-state index < -0.39 is 58.6 Å². The Bertz CT molecular complexity index is 1250. The molecule has 2 aromatic rings. The van der Waals surface area contributed by atoms with Crippen molar-refractivity contribution in [3.63, 3.8) is 0 Å². The number of rotatable bonds is 6. The molecule has 1 aromatic carbocycles. The van der Waals surface area contributed by atoms with Crippen LogP contribution in [0.1, 0.15) is 71.6 Å². The van der Waals surface area contributed by atoms with Crippen molar-refractivity contribution in [2.24, 2.45) is 11.8 Å². The molecule has 0 bridgehead atoms. The normalized spacial score (nSPS) is 26.9. The van der Waals surface area contributed by atoms with Crippen LogP contribution < -0.4 is 0 Å². The summed E-state index contributed by atoms with van der Waals surface area (Å²) < 4.78 is 17.1. The average molecular weight is 549 g/mol. The lowest BCUT2D eigenvalue weighted by Crippen LogP contribution is -2.49. The number of nitrogens with zero attached hydrogens (tertiary/aromatic N) is 2. The first-order valence-electron chi connectivity index (χ1n) is 13.7. The third-order valence-corrected chi connectivity index (χ3v) is 7.32. The lowest BCUT2D eigenvalue weighted by Gasteiger charge is -2.36. The number of carbonyl (C=O) groups excluding carboxylic acids is 3. The smallest absolute Gasteiger partial charge is 0.326 e. The highest BCUT2D eigenvalue weighted by atomic mass is 16.6. The van der Waals surface area contributed by atoms with Gasteiger partial charge < -0.3 is 14.2 Å². The predicted molar refractivity (Wildman–Crippen MR) is 151 cm³/mol. The molecular weight excluding hydrogens is 508 g/mol. The van der Waals surface area contributed by atoms with Gasteiger partial charge in [-0.15, -0.1) is 0 Å². The standard InChI is InChI=1S/C32H40N2O6/c1-30(2,3)39-27(35)23-18-32(29(37)38-7)19-24(28(36)40-31(4,5)6)26(22-14-11-17-33-20-22)34(32)25(23)16-15-21-12-9-8-10-13-21/h8-17,20,23-26H,18-19H2,1-7H3/b16-15+/t23-,24-,25-,26-,32-/m1/s1. The zero-order chi connectivity index (χ0) is 29.3. The highest BCUT2D eigenvalue weighted by molar-refractivity contribution is 5.88. The van der Waals surface area contributed by atoms with E-state index in [4.69, 9.17) is 14.2 Å². The van der Waals surface area contributed by atoms with Crippen molar-refractivity contribution in [1.29, 1.82) is 0 Å². The molecule has 4 rings (SSSR count). The zero-order valence-electron chi connectivity index (χ0n) is 24.4. The number of esters is 3. The van der Waals surface area contributed by atoms with Crippen LogP contribution in [0.25, 0.3) is 6.08 Å². The van der Waals surface area contributed by atoms with Gasteiger partial charge in [0.2, 0.25) is 0 Å². The van der Waals surface area contributed by atoms with Gasteiger partial charge in [0.25, 0.3) is 0 Å². The molecule has 214 valence electrons. The second kappa shape index (κ2) is 11.2. The maximum absolute atomic E-state index is 13.7. The fourth-order valence-corrected chi connectivity index (χ4v) is 5.98. The molecule has 8 heteroatoms. The molecule has 40 heavy (non-hydrogen) atoms. The van der Waals surface area contributed by atoms with Crippen molar-refractivity contribution in [3.05, 3.63) is 72.1 Å². The molecule has 5 atom stereocenters. The van der Waals surface area contributed by atoms with Crippen molar-refractivity contribution < 1.29 is 28.6 Å². The van der Waals surface area contributed by atoms with Crippen LogP contribution in [0.15, 0.2) is 60.9 Å². The Hall–Kier alpha value is -3.52. The van der Waals surface area contributed by atoms with Crippen molar-refractivity contribution in [1.82, 2.24) is 9.88 Å². The number of ether oxygens (including phenoxy) is 3. The number of benzene rings is 1. The van der Waals surface area contributed by atoms with Gasteiger partial charge in [0.05, 0.1) is 25.0 Å². The van der Waals surface area contributed by atoms with E-state index in [0.29, 0.717) is 0 Å². The summed E-state index contributed by atoms with van der Waals surface area (Å²) in [6, 6.07) is 12.3. The molecule has 0 unspecified atom stereocenters. The summed E-state index contributed by atoms with van der Waals surface area (Å²) in [5.74, 6) is -2.64. The fraction of sp³-hybridized carbons (Fsp3) is 0.500. The van der Waals surface area contributed by atoms with Gasteiger partial charge in [-0.25, -0.2) is 0 Å². The van der Waals surface area contributed by atoms with Crippen LogP contribution in [0.2, 0.25) is 0 Å². The predicted octanol–water partition coefficient (Wildman–Crippen LogP) is 5.14. The molecule has 1 aromatic heterocycles. The van der Waals surface area contributed by atoms with Crippen molar-refractivity contribution >= 4 is 24.0 Å². The number of methoxy groups -OCH3 is 1. The van der Waals surface area contributed by atoms with Gasteiger partial charge in [-0.3, -0.25) is 24.3 Å². The summed E-state index contributed by atoms with van der Waals surface area (Å²) in [6.07, 6.45) is 7.53. The summed E-state index contributed by atoms with van der Waals surface area (Å²) in [7, 11) is 1.34. The highest BCUT2D eigenvalue weighted by Crippen LogP contribution is 2.57. The molecule has 0 radical (unpaired) electrons. The number of aromatic nitrogens is 1. The third kappa shape index (κ3) is 6.12. The van der Waals surface area contributed by atoms with Gasteiger partial charge in [0.1, 0.15) is 16.7 Å². The van der Waals surface area contributed by atoms with Crippen LogP contribution in [0.4, 0.5) is 0 Å². The summed E-state index contributed by atoms with van der Waals surface area (Å²) in [4.78, 5) is 47.4. The number of hydrogen-bond donors (Lipinski definition) is 0. The number of carbonyl (C=O) groups is 3. The molecule has 8 nitrogen and oxygen atoms in total. The van der Waals surface area contributed by atoms with Gasteiger partial charge >= 0.3 is 17.9 Å². The Balaban J connectivity index is 1.89. The molecule has 2 fully saturated rings. The first-order chi connectivity index (χ1) is 18.8. The fourth-order valence-electron chi connectivity index (χ4n) is 5.98. The number of fused-ring (bicyclic) bond motifs is 1. The van der Waals surface area contributed by atoms with Gasteiger partial charge in [-0.2, -0.15) is 0 Å². The van der Waals surface area contributed by atoms with Gasteiger partial charge in [-0.05, 0) is 71.6 Å². The molecule has 0 saturated carbocycles. The monoisotopic (exact) mass is 548 g/mol. The topological polar surface area (TPSA) is 95.0 Å². The molecule has 0 aliphatic carbocycles. The second-order valence-corrected chi connectivity index (χ2v) is 12.6. The maximum Gasteiger partial charge on any atom is 0.326 e. The molecular formula is C32H40N2O6. The molecule has 2 aliphatic heterocycles. The zero-order valence-corrected chi connectivity index (χ0v) is 24.4. The van der Waals surface area contributed by atoms with Gasteiger partial charge in [0, 0.05) is 18.4 Å². The first kappa shape index (κ1) is 29.5. The van der Waals surface area contributed by atoms with Gasteiger partial charge in [-0.1, -0.05) is 48.6 Å². The highest BCUT2D eigenvalue weighted by Gasteiger charge is 2.68. The Morgan fingerprint density at radius 1 is 0.900 bits per heavy atom. The Kier molecular flexibility index (Phi) is 8.22. The second-order valence-electron chi connectivity index (χ2n) is 12.6. The largest absolute Gasteiger partial charge is 0.468 e. The summed E-state index contributed by atoms with van der Waals surface area (Å²) in [5.41, 5.74) is -0.968. The van der Waals surface area contributed by atoms with E-state index in [1.165, 1.54) is 7.11 Å². The van der Waals surface area contributed by atoms with E-state index in [0.717, 1.165) is 11.1 Å². The lowest BCUT2D eigenvalue weighted by atomic mass is 9.83. The average Bonchev–Trinajstić information content (AvgIpc) is 3.39. The molecule has 0 spiro atoms. The minimum Gasteiger partial charge on any atom is -0.468 e. The van der Waals surface area contributed by atoms with Gasteiger partial charge in [0.15, 0.2) is 0 Å². The first-order valence-corrected chi connectivity index (χ1v) is 13.7. The van der Waals surface area contributed by atoms with Crippen molar-refractivity contribution in [3.8, 4) is 0 Å². The number of hydrogen-bond acceptors (Lipinski definition) is 8. The molecule has 3 heterocycles. The van der Waals surface area contributed by atoms with Crippen LogP contribution in [0.3, 0.4) is 0 Å². The summed E-state index contributed by atoms with van der Waals surface area (Å²) in [6.45, 7) is 10.9. The molecule has 0 amide bonds. The quantitative estimate of drug-likeness (QED) is 0.362. The minimum atomic E-state index is -1.25. The van der Waals surface area contributed by atoms with E-state index in [-0.39, 0.29) is 12.8 Å². The van der Waals surface area contributed by atoms with Crippen LogP contribution in [-0.4, -0.2) is 57.7 Å². The maximum atomic E-state index is 13.7. The number of pyridine rings is 1. The Morgan fingerprint density at radius 3 is 2.05 bits per heavy atom.